The minimum absolute atomic E-state index is 0.0311. The smallest absolute Gasteiger partial charge is 0.387 e. The van der Waals surface area contributed by atoms with Gasteiger partial charge in [0.2, 0.25) is 17.7 Å². The number of thioether (sulfide) groups is 1. The summed E-state index contributed by atoms with van der Waals surface area (Å²) < 4.78 is 34.1. The molecule has 1 aliphatic rings. The van der Waals surface area contributed by atoms with Crippen molar-refractivity contribution >= 4 is 23.6 Å². The average Bonchev–Trinajstić information content (AvgIpc) is 3.33. The third kappa shape index (κ3) is 6.41. The van der Waals surface area contributed by atoms with Crippen LogP contribution in [0.3, 0.4) is 0 Å². The lowest BCUT2D eigenvalue weighted by Crippen LogP contribution is -2.31. The fourth-order valence-electron chi connectivity index (χ4n) is 2.78. The van der Waals surface area contributed by atoms with E-state index in [4.69, 9.17) is 4.42 Å². The van der Waals surface area contributed by atoms with Crippen molar-refractivity contribution in [2.75, 3.05) is 25.4 Å². The zero-order chi connectivity index (χ0) is 20.6. The molecule has 2 heterocycles. The number of carbonyl (C=O) groups excluding carboxylic acids is 2. The summed E-state index contributed by atoms with van der Waals surface area (Å²) in [4.78, 5) is 25.2. The van der Waals surface area contributed by atoms with Gasteiger partial charge in [-0.1, -0.05) is 11.8 Å². The molecule has 0 spiro atoms. The molecule has 1 aliphatic heterocycles. The number of halogens is 2. The normalized spacial score (nSPS) is 13.9. The number of ether oxygens (including phenoxy) is 1. The first-order valence-corrected chi connectivity index (χ1v) is 10.1. The third-order valence-corrected chi connectivity index (χ3v) is 4.98. The zero-order valence-electron chi connectivity index (χ0n) is 15.5. The fourth-order valence-corrected chi connectivity index (χ4v) is 3.37. The van der Waals surface area contributed by atoms with Gasteiger partial charge < -0.3 is 19.4 Å². The lowest BCUT2D eigenvalue weighted by Gasteiger charge is -2.15. The van der Waals surface area contributed by atoms with E-state index in [0.717, 1.165) is 24.7 Å². The molecule has 0 atom stereocenters. The molecule has 0 unspecified atom stereocenters. The molecule has 8 nitrogen and oxygen atoms in total. The molecule has 156 valence electrons. The Hall–Kier alpha value is -2.69. The van der Waals surface area contributed by atoms with Gasteiger partial charge in [0.05, 0.1) is 5.75 Å². The standard InChI is InChI=1S/C18H20F2N4O4S/c19-17(20)27-13-6-4-12(5-7-13)16-22-23-18(28-16)29-11-14(25)21-8-2-10-24-9-1-3-15(24)26/h4-7,17H,1-3,8-11H2,(H,21,25). The summed E-state index contributed by atoms with van der Waals surface area (Å²) in [5.74, 6) is 0.368. The van der Waals surface area contributed by atoms with Gasteiger partial charge in [-0.3, -0.25) is 9.59 Å². The van der Waals surface area contributed by atoms with Crippen molar-refractivity contribution < 1.29 is 27.5 Å². The quantitative estimate of drug-likeness (QED) is 0.461. The predicted molar refractivity (Wildman–Crippen MR) is 101 cm³/mol. The van der Waals surface area contributed by atoms with Crippen molar-refractivity contribution in [2.24, 2.45) is 0 Å². The van der Waals surface area contributed by atoms with Crippen LogP contribution in [0.15, 0.2) is 33.9 Å². The highest BCUT2D eigenvalue weighted by atomic mass is 32.2. The Morgan fingerprint density at radius 2 is 2.10 bits per heavy atom. The van der Waals surface area contributed by atoms with Crippen LogP contribution in [0, 0.1) is 0 Å². The Kier molecular flexibility index (Phi) is 7.39. The highest BCUT2D eigenvalue weighted by Crippen LogP contribution is 2.25. The van der Waals surface area contributed by atoms with Gasteiger partial charge in [0.1, 0.15) is 5.75 Å². The Bertz CT molecular complexity index is 832. The van der Waals surface area contributed by atoms with Gasteiger partial charge in [0.15, 0.2) is 0 Å². The number of nitrogens with zero attached hydrogens (tertiary/aromatic N) is 3. The van der Waals surface area contributed by atoms with E-state index in [1.54, 1.807) is 0 Å². The number of amides is 2. The molecular formula is C18H20F2N4O4S. The first-order chi connectivity index (χ1) is 14.0. The van der Waals surface area contributed by atoms with E-state index < -0.39 is 6.61 Å². The number of carbonyl (C=O) groups is 2. The van der Waals surface area contributed by atoms with Crippen LogP contribution in [0.1, 0.15) is 19.3 Å². The first-order valence-electron chi connectivity index (χ1n) is 9.07. The fraction of sp³-hybridized carbons (Fsp3) is 0.444. The van der Waals surface area contributed by atoms with Gasteiger partial charge in [-0.2, -0.15) is 8.78 Å². The number of benzene rings is 1. The van der Waals surface area contributed by atoms with Gasteiger partial charge in [-0.05, 0) is 37.1 Å². The largest absolute Gasteiger partial charge is 0.435 e. The molecule has 2 amide bonds. The topological polar surface area (TPSA) is 97.6 Å². The number of hydrogen-bond acceptors (Lipinski definition) is 7. The van der Waals surface area contributed by atoms with E-state index in [1.807, 2.05) is 4.90 Å². The summed E-state index contributed by atoms with van der Waals surface area (Å²) >= 11 is 1.10. The van der Waals surface area contributed by atoms with Gasteiger partial charge in [-0.25, -0.2) is 0 Å². The van der Waals surface area contributed by atoms with Crippen LogP contribution in [0.25, 0.3) is 11.5 Å². The summed E-state index contributed by atoms with van der Waals surface area (Å²) in [6, 6.07) is 5.80. The molecule has 1 aromatic heterocycles. The van der Waals surface area contributed by atoms with Crippen LogP contribution < -0.4 is 10.1 Å². The van der Waals surface area contributed by atoms with Gasteiger partial charge in [-0.15, -0.1) is 10.2 Å². The second kappa shape index (κ2) is 10.2. The third-order valence-electron chi connectivity index (χ3n) is 4.16. The molecule has 0 saturated carbocycles. The number of rotatable bonds is 10. The van der Waals surface area contributed by atoms with Crippen LogP contribution in [-0.4, -0.2) is 58.9 Å². The number of aromatic nitrogens is 2. The lowest BCUT2D eigenvalue weighted by molar-refractivity contribution is -0.127. The van der Waals surface area contributed by atoms with E-state index >= 15 is 0 Å². The maximum Gasteiger partial charge on any atom is 0.387 e. The van der Waals surface area contributed by atoms with E-state index in [-0.39, 0.29) is 34.4 Å². The van der Waals surface area contributed by atoms with Crippen LogP contribution in [0.4, 0.5) is 8.78 Å². The molecule has 0 aliphatic carbocycles. The molecule has 1 fully saturated rings. The highest BCUT2D eigenvalue weighted by Gasteiger charge is 2.19. The summed E-state index contributed by atoms with van der Waals surface area (Å²) in [6.45, 7) is -0.948. The summed E-state index contributed by atoms with van der Waals surface area (Å²) in [5.41, 5.74) is 0.548. The second-order valence-electron chi connectivity index (χ2n) is 6.25. The van der Waals surface area contributed by atoms with Crippen molar-refractivity contribution in [1.29, 1.82) is 0 Å². The predicted octanol–water partition coefficient (Wildman–Crippen LogP) is 2.56. The molecule has 0 radical (unpaired) electrons. The van der Waals surface area contributed by atoms with E-state index in [9.17, 15) is 18.4 Å². The van der Waals surface area contributed by atoms with Crippen molar-refractivity contribution in [3.05, 3.63) is 24.3 Å². The van der Waals surface area contributed by atoms with Gasteiger partial charge in [0, 0.05) is 31.6 Å². The maximum atomic E-state index is 12.2. The summed E-state index contributed by atoms with van der Waals surface area (Å²) in [6.07, 6.45) is 2.22. The lowest BCUT2D eigenvalue weighted by atomic mass is 10.2. The molecule has 29 heavy (non-hydrogen) atoms. The van der Waals surface area contributed by atoms with Crippen molar-refractivity contribution in [3.8, 4) is 17.2 Å². The van der Waals surface area contributed by atoms with Crippen molar-refractivity contribution in [1.82, 2.24) is 20.4 Å². The number of alkyl halides is 2. The minimum atomic E-state index is -2.89. The van der Waals surface area contributed by atoms with Crippen LogP contribution in [0.2, 0.25) is 0 Å². The SMILES string of the molecule is O=C(CSc1nnc(-c2ccc(OC(F)F)cc2)o1)NCCCN1CCCC1=O. The van der Waals surface area contributed by atoms with Crippen molar-refractivity contribution in [3.63, 3.8) is 0 Å². The molecule has 1 N–H and O–H groups in total. The first kappa shape index (κ1) is 21.0. The van der Waals surface area contributed by atoms with Crippen LogP contribution in [0.5, 0.6) is 5.75 Å². The van der Waals surface area contributed by atoms with Gasteiger partial charge >= 0.3 is 6.61 Å². The Balaban J connectivity index is 1.38. The molecular weight excluding hydrogens is 406 g/mol. The number of nitrogens with one attached hydrogen (secondary N) is 1. The van der Waals surface area contributed by atoms with E-state index in [2.05, 4.69) is 20.3 Å². The number of hydrogen-bond donors (Lipinski definition) is 1. The second-order valence-corrected chi connectivity index (χ2v) is 7.18. The average molecular weight is 426 g/mol. The van der Waals surface area contributed by atoms with Gasteiger partial charge in [0.25, 0.3) is 5.22 Å². The maximum absolute atomic E-state index is 12.2. The Labute approximate surface area is 170 Å². The molecule has 11 heteroatoms. The molecule has 1 aromatic carbocycles. The zero-order valence-corrected chi connectivity index (χ0v) is 16.3. The Morgan fingerprint density at radius 3 is 2.79 bits per heavy atom. The number of likely N-dealkylation sites (tertiary alicyclic amines) is 1. The molecule has 1 saturated heterocycles. The van der Waals surface area contributed by atoms with Crippen LogP contribution in [-0.2, 0) is 9.59 Å². The monoisotopic (exact) mass is 426 g/mol. The van der Waals surface area contributed by atoms with Crippen molar-refractivity contribution in [2.45, 2.75) is 31.1 Å². The summed E-state index contributed by atoms with van der Waals surface area (Å²) in [5, 5.41) is 10.8. The summed E-state index contributed by atoms with van der Waals surface area (Å²) in [7, 11) is 0. The van der Waals surface area contributed by atoms with E-state index in [0.29, 0.717) is 31.5 Å². The molecule has 3 rings (SSSR count). The minimum Gasteiger partial charge on any atom is -0.435 e. The Morgan fingerprint density at radius 1 is 1.31 bits per heavy atom. The highest BCUT2D eigenvalue weighted by molar-refractivity contribution is 7.99. The molecule has 2 aromatic rings. The van der Waals surface area contributed by atoms with Crippen LogP contribution >= 0.6 is 11.8 Å². The molecule has 0 bridgehead atoms. The van der Waals surface area contributed by atoms with E-state index in [1.165, 1.54) is 24.3 Å².